The van der Waals surface area contributed by atoms with Crippen molar-refractivity contribution in [3.63, 3.8) is 0 Å². The van der Waals surface area contributed by atoms with Crippen LogP contribution in [-0.4, -0.2) is 76.8 Å². The number of rotatable bonds is 7. The zero-order chi connectivity index (χ0) is 27.1. The highest BCUT2D eigenvalue weighted by atomic mass is 16.5. The maximum atomic E-state index is 13.6. The molecule has 0 spiro atoms. The van der Waals surface area contributed by atoms with Gasteiger partial charge >= 0.3 is 6.03 Å². The minimum Gasteiger partial charge on any atom is -0.472 e. The molecule has 4 rings (SSSR count). The van der Waals surface area contributed by atoms with Crippen molar-refractivity contribution in [2.75, 3.05) is 26.7 Å². The Balaban J connectivity index is 1.56. The average molecular weight is 521 g/mol. The Morgan fingerprint density at radius 3 is 2.63 bits per heavy atom. The SMILES string of the molecule is C[C@H]1CN([C@@H](C)CO)C(=O)c2cc(/C=C/c3ccccc3)cnc2O[C@H]1CN(C)C(=O)NC1CCCCC1. The van der Waals surface area contributed by atoms with E-state index < -0.39 is 0 Å². The number of fused-ring (bicyclic) bond motifs is 1. The fourth-order valence-electron chi connectivity index (χ4n) is 5.07. The van der Waals surface area contributed by atoms with Crippen molar-refractivity contribution < 1.29 is 19.4 Å². The van der Waals surface area contributed by atoms with Gasteiger partial charge in [0.1, 0.15) is 11.7 Å². The maximum Gasteiger partial charge on any atom is 0.317 e. The van der Waals surface area contributed by atoms with Crippen LogP contribution in [0.25, 0.3) is 12.2 Å². The predicted molar refractivity (Wildman–Crippen MR) is 149 cm³/mol. The summed E-state index contributed by atoms with van der Waals surface area (Å²) in [6.45, 7) is 4.44. The number of carbonyl (C=O) groups excluding carboxylic acids is 2. The van der Waals surface area contributed by atoms with Crippen molar-refractivity contribution in [2.45, 2.75) is 64.1 Å². The molecular formula is C30H40N4O4. The van der Waals surface area contributed by atoms with E-state index in [0.717, 1.165) is 36.8 Å². The number of nitrogens with one attached hydrogen (secondary N) is 1. The molecule has 3 amide bonds. The first-order valence-corrected chi connectivity index (χ1v) is 13.7. The van der Waals surface area contributed by atoms with Gasteiger partial charge in [0.05, 0.1) is 19.2 Å². The number of pyridine rings is 1. The Hall–Kier alpha value is -3.39. The summed E-state index contributed by atoms with van der Waals surface area (Å²) in [6.07, 6.45) is 10.8. The number of carbonyl (C=O) groups is 2. The van der Waals surface area contributed by atoms with Gasteiger partial charge in [-0.05, 0) is 37.0 Å². The van der Waals surface area contributed by atoms with Crippen LogP contribution < -0.4 is 10.1 Å². The number of ether oxygens (including phenoxy) is 1. The van der Waals surface area contributed by atoms with Gasteiger partial charge in [-0.3, -0.25) is 4.79 Å². The number of hydrogen-bond acceptors (Lipinski definition) is 5. The predicted octanol–water partition coefficient (Wildman–Crippen LogP) is 4.45. The molecule has 1 aliphatic carbocycles. The average Bonchev–Trinajstić information content (AvgIpc) is 2.94. The van der Waals surface area contributed by atoms with E-state index in [9.17, 15) is 14.7 Å². The van der Waals surface area contributed by atoms with Crippen LogP contribution in [0.2, 0.25) is 0 Å². The lowest BCUT2D eigenvalue weighted by atomic mass is 9.96. The van der Waals surface area contributed by atoms with Crippen molar-refractivity contribution in [2.24, 2.45) is 5.92 Å². The molecule has 204 valence electrons. The molecule has 0 saturated heterocycles. The molecule has 1 fully saturated rings. The lowest BCUT2D eigenvalue weighted by molar-refractivity contribution is 0.0351. The number of likely N-dealkylation sites (N-methyl/N-ethyl adjacent to an activating group) is 1. The summed E-state index contributed by atoms with van der Waals surface area (Å²) in [5.41, 5.74) is 2.17. The Morgan fingerprint density at radius 2 is 1.92 bits per heavy atom. The highest BCUT2D eigenvalue weighted by Gasteiger charge is 2.35. The number of amides is 3. The van der Waals surface area contributed by atoms with Gasteiger partial charge in [-0.1, -0.05) is 68.7 Å². The lowest BCUT2D eigenvalue weighted by Gasteiger charge is -2.38. The Morgan fingerprint density at radius 1 is 1.21 bits per heavy atom. The highest BCUT2D eigenvalue weighted by molar-refractivity contribution is 5.97. The normalized spacial score (nSPS) is 21.3. The van der Waals surface area contributed by atoms with Crippen LogP contribution in [0.5, 0.6) is 5.88 Å². The third-order valence-electron chi connectivity index (χ3n) is 7.54. The molecule has 1 aromatic carbocycles. The molecule has 2 heterocycles. The van der Waals surface area contributed by atoms with E-state index in [2.05, 4.69) is 10.3 Å². The smallest absolute Gasteiger partial charge is 0.317 e. The third-order valence-corrected chi connectivity index (χ3v) is 7.54. The monoisotopic (exact) mass is 520 g/mol. The van der Waals surface area contributed by atoms with Gasteiger partial charge in [-0.15, -0.1) is 0 Å². The number of aliphatic hydroxyl groups excluding tert-OH is 1. The largest absolute Gasteiger partial charge is 0.472 e. The second kappa shape index (κ2) is 12.9. The summed E-state index contributed by atoms with van der Waals surface area (Å²) in [5, 5.41) is 13.1. The molecule has 38 heavy (non-hydrogen) atoms. The van der Waals surface area contributed by atoms with Crippen molar-refractivity contribution in [1.82, 2.24) is 20.1 Å². The van der Waals surface area contributed by atoms with Crippen LogP contribution >= 0.6 is 0 Å². The van der Waals surface area contributed by atoms with Gasteiger partial charge in [0.25, 0.3) is 5.91 Å². The molecule has 8 nitrogen and oxygen atoms in total. The standard InChI is InChI=1S/C30H40N4O4/c1-21-18-34(22(2)20-35)29(36)26-16-24(15-14-23-10-6-4-7-11-23)17-31-28(26)38-27(21)19-33(3)30(37)32-25-12-8-5-9-13-25/h4,6-7,10-11,14-17,21-22,25,27,35H,5,8-9,12-13,18-20H2,1-3H3,(H,32,37)/b15-14+/t21-,22-,27-/m0/s1. The molecule has 0 radical (unpaired) electrons. The molecule has 3 atom stereocenters. The summed E-state index contributed by atoms with van der Waals surface area (Å²) in [7, 11) is 1.78. The van der Waals surface area contributed by atoms with E-state index >= 15 is 0 Å². The zero-order valence-electron chi connectivity index (χ0n) is 22.7. The number of hydrogen-bond donors (Lipinski definition) is 2. The van der Waals surface area contributed by atoms with Crippen LogP contribution in [0.1, 0.15) is 67.4 Å². The summed E-state index contributed by atoms with van der Waals surface area (Å²) in [6, 6.07) is 11.4. The fraction of sp³-hybridized carbons (Fsp3) is 0.500. The summed E-state index contributed by atoms with van der Waals surface area (Å²) in [4.78, 5) is 34.4. The quantitative estimate of drug-likeness (QED) is 0.563. The van der Waals surface area contributed by atoms with Crippen LogP contribution in [0.4, 0.5) is 4.79 Å². The van der Waals surface area contributed by atoms with Crippen LogP contribution in [0, 0.1) is 5.92 Å². The minimum atomic E-state index is -0.379. The summed E-state index contributed by atoms with van der Waals surface area (Å²) < 4.78 is 6.34. The third kappa shape index (κ3) is 6.92. The molecule has 0 bridgehead atoms. The van der Waals surface area contributed by atoms with Gasteiger partial charge in [0.2, 0.25) is 5.88 Å². The topological polar surface area (TPSA) is 95.0 Å². The van der Waals surface area contributed by atoms with Crippen molar-refractivity contribution in [3.8, 4) is 5.88 Å². The molecule has 1 saturated carbocycles. The van der Waals surface area contributed by atoms with Gasteiger partial charge in [0.15, 0.2) is 0 Å². The first kappa shape index (κ1) is 27.6. The first-order valence-electron chi connectivity index (χ1n) is 13.7. The van der Waals surface area contributed by atoms with E-state index in [4.69, 9.17) is 4.74 Å². The van der Waals surface area contributed by atoms with Crippen molar-refractivity contribution >= 4 is 24.1 Å². The maximum absolute atomic E-state index is 13.6. The zero-order valence-corrected chi connectivity index (χ0v) is 22.7. The molecule has 0 unspecified atom stereocenters. The van der Waals surface area contributed by atoms with Gasteiger partial charge in [-0.2, -0.15) is 0 Å². The van der Waals surface area contributed by atoms with E-state index in [1.165, 1.54) is 6.42 Å². The number of benzene rings is 1. The fourth-order valence-corrected chi connectivity index (χ4v) is 5.07. The molecular weight excluding hydrogens is 480 g/mol. The van der Waals surface area contributed by atoms with E-state index in [0.29, 0.717) is 18.7 Å². The van der Waals surface area contributed by atoms with Gasteiger partial charge < -0.3 is 25.0 Å². The summed E-state index contributed by atoms with van der Waals surface area (Å²) >= 11 is 0. The molecule has 2 aromatic rings. The minimum absolute atomic E-state index is 0.0921. The summed E-state index contributed by atoms with van der Waals surface area (Å²) in [5.74, 6) is -0.0668. The number of aliphatic hydroxyl groups is 1. The molecule has 1 aromatic heterocycles. The Bertz CT molecular complexity index is 1120. The number of urea groups is 1. The molecule has 2 N–H and O–H groups in total. The Kier molecular flexibility index (Phi) is 9.39. The second-order valence-corrected chi connectivity index (χ2v) is 10.7. The van der Waals surface area contributed by atoms with Crippen LogP contribution in [0.15, 0.2) is 42.6 Å². The number of aromatic nitrogens is 1. The second-order valence-electron chi connectivity index (χ2n) is 10.7. The number of nitrogens with zero attached hydrogens (tertiary/aromatic N) is 3. The van der Waals surface area contributed by atoms with Gasteiger partial charge in [-0.25, -0.2) is 9.78 Å². The van der Waals surface area contributed by atoms with Crippen molar-refractivity contribution in [3.05, 3.63) is 59.3 Å². The lowest BCUT2D eigenvalue weighted by Crippen LogP contribution is -2.52. The van der Waals surface area contributed by atoms with Crippen molar-refractivity contribution in [1.29, 1.82) is 0 Å². The van der Waals surface area contributed by atoms with Crippen LogP contribution in [0.3, 0.4) is 0 Å². The van der Waals surface area contributed by atoms with E-state index in [1.807, 2.05) is 56.3 Å². The van der Waals surface area contributed by atoms with E-state index in [-0.39, 0.29) is 48.5 Å². The first-order chi connectivity index (χ1) is 18.4. The molecule has 8 heteroatoms. The molecule has 1 aliphatic heterocycles. The highest BCUT2D eigenvalue weighted by Crippen LogP contribution is 2.28. The van der Waals surface area contributed by atoms with E-state index in [1.54, 1.807) is 29.1 Å². The van der Waals surface area contributed by atoms with Gasteiger partial charge in [0, 0.05) is 31.7 Å². The Labute approximate surface area is 225 Å². The molecule has 2 aliphatic rings. The van der Waals surface area contributed by atoms with Crippen LogP contribution in [-0.2, 0) is 0 Å².